The van der Waals surface area contributed by atoms with Gasteiger partial charge in [-0.3, -0.25) is 4.79 Å². The van der Waals surface area contributed by atoms with Crippen molar-refractivity contribution in [2.24, 2.45) is 11.8 Å². The Morgan fingerprint density at radius 1 is 1.41 bits per heavy atom. The van der Waals surface area contributed by atoms with Gasteiger partial charge in [0, 0.05) is 5.54 Å². The third kappa shape index (κ3) is 3.98. The predicted octanol–water partition coefficient (Wildman–Crippen LogP) is 2.74. The second kappa shape index (κ2) is 6.39. The number of esters is 1. The summed E-state index contributed by atoms with van der Waals surface area (Å²) in [4.78, 5) is 11.5. The van der Waals surface area contributed by atoms with Crippen LogP contribution in [0.4, 0.5) is 0 Å². The quantitative estimate of drug-likeness (QED) is 0.607. The largest absolute Gasteiger partial charge is 0.469 e. The molecule has 0 heterocycles. The molecule has 1 N–H and O–H groups in total. The molecule has 2 unspecified atom stereocenters. The molecule has 1 saturated carbocycles. The van der Waals surface area contributed by atoms with Crippen molar-refractivity contribution in [1.29, 1.82) is 0 Å². The Hall–Kier alpha value is -0.570. The molecule has 17 heavy (non-hydrogen) atoms. The second-order valence-electron chi connectivity index (χ2n) is 5.72. The molecule has 3 heteroatoms. The summed E-state index contributed by atoms with van der Waals surface area (Å²) in [5.41, 5.74) is -0.0310. The third-order valence-corrected chi connectivity index (χ3v) is 4.41. The van der Waals surface area contributed by atoms with Gasteiger partial charge in [-0.25, -0.2) is 0 Å². The number of rotatable bonds is 4. The van der Waals surface area contributed by atoms with Crippen LogP contribution < -0.4 is 5.32 Å². The minimum absolute atomic E-state index is 0.0310. The molecule has 1 aliphatic carbocycles. The van der Waals surface area contributed by atoms with E-state index in [4.69, 9.17) is 4.74 Å². The first-order valence-corrected chi connectivity index (χ1v) is 6.79. The summed E-state index contributed by atoms with van der Waals surface area (Å²) < 4.78 is 4.82. The molecule has 2 atom stereocenters. The maximum atomic E-state index is 11.5. The number of ether oxygens (including phenoxy) is 1. The van der Waals surface area contributed by atoms with Gasteiger partial charge in [0.05, 0.1) is 13.5 Å². The van der Waals surface area contributed by atoms with Crippen LogP contribution in [0.3, 0.4) is 0 Å². The van der Waals surface area contributed by atoms with Gasteiger partial charge >= 0.3 is 5.97 Å². The van der Waals surface area contributed by atoms with Gasteiger partial charge < -0.3 is 10.1 Å². The maximum absolute atomic E-state index is 11.5. The molecule has 3 nitrogen and oxygen atoms in total. The number of carbonyl (C=O) groups is 1. The second-order valence-corrected chi connectivity index (χ2v) is 5.72. The number of hydrogen-bond donors (Lipinski definition) is 1. The zero-order valence-corrected chi connectivity index (χ0v) is 11.7. The summed E-state index contributed by atoms with van der Waals surface area (Å²) in [7, 11) is 3.44. The Balaban J connectivity index is 2.64. The Labute approximate surface area is 105 Å². The van der Waals surface area contributed by atoms with Gasteiger partial charge in [-0.15, -0.1) is 0 Å². The summed E-state index contributed by atoms with van der Waals surface area (Å²) in [5, 5.41) is 3.38. The Kier molecular flexibility index (Phi) is 5.44. The zero-order valence-electron chi connectivity index (χ0n) is 11.7. The van der Waals surface area contributed by atoms with Crippen molar-refractivity contribution in [3.8, 4) is 0 Å². The molecule has 1 fully saturated rings. The van der Waals surface area contributed by atoms with Gasteiger partial charge in [0.25, 0.3) is 0 Å². The Morgan fingerprint density at radius 3 is 2.65 bits per heavy atom. The highest BCUT2D eigenvalue weighted by Crippen LogP contribution is 2.35. The lowest BCUT2D eigenvalue weighted by atomic mass is 9.85. The molecule has 0 aromatic heterocycles. The van der Waals surface area contributed by atoms with Gasteiger partial charge in [-0.1, -0.05) is 26.7 Å². The summed E-state index contributed by atoms with van der Waals surface area (Å²) >= 11 is 0. The summed E-state index contributed by atoms with van der Waals surface area (Å²) in [6.45, 7) is 4.61. The van der Waals surface area contributed by atoms with Crippen LogP contribution in [-0.4, -0.2) is 25.7 Å². The molecule has 0 spiro atoms. The maximum Gasteiger partial charge on any atom is 0.307 e. The molecule has 0 bridgehead atoms. The first kappa shape index (κ1) is 14.5. The molecule has 0 saturated heterocycles. The molecular formula is C14H27NO2. The average Bonchev–Trinajstić information content (AvgIpc) is 2.52. The van der Waals surface area contributed by atoms with E-state index in [0.717, 1.165) is 24.7 Å². The van der Waals surface area contributed by atoms with Crippen LogP contribution in [-0.2, 0) is 9.53 Å². The Bertz CT molecular complexity index is 253. The first-order chi connectivity index (χ1) is 8.03. The van der Waals surface area contributed by atoms with Crippen molar-refractivity contribution in [1.82, 2.24) is 5.32 Å². The highest BCUT2D eigenvalue weighted by molar-refractivity contribution is 5.70. The van der Waals surface area contributed by atoms with Crippen LogP contribution in [0.1, 0.15) is 52.4 Å². The van der Waals surface area contributed by atoms with Crippen LogP contribution in [0.15, 0.2) is 0 Å². The lowest BCUT2D eigenvalue weighted by Gasteiger charge is -2.31. The summed E-state index contributed by atoms with van der Waals surface area (Å²) in [5.74, 6) is 1.46. The van der Waals surface area contributed by atoms with E-state index in [1.165, 1.54) is 26.4 Å². The van der Waals surface area contributed by atoms with Gasteiger partial charge in [0.1, 0.15) is 0 Å². The molecular weight excluding hydrogens is 214 g/mol. The van der Waals surface area contributed by atoms with Crippen molar-refractivity contribution in [3.63, 3.8) is 0 Å². The van der Waals surface area contributed by atoms with E-state index < -0.39 is 0 Å². The van der Waals surface area contributed by atoms with Crippen LogP contribution in [0.2, 0.25) is 0 Å². The lowest BCUT2D eigenvalue weighted by Crippen LogP contribution is -2.44. The van der Waals surface area contributed by atoms with Crippen molar-refractivity contribution in [2.45, 2.75) is 57.9 Å². The topological polar surface area (TPSA) is 38.3 Å². The van der Waals surface area contributed by atoms with Crippen molar-refractivity contribution < 1.29 is 9.53 Å². The van der Waals surface area contributed by atoms with Crippen molar-refractivity contribution >= 4 is 5.97 Å². The Morgan fingerprint density at radius 2 is 2.12 bits per heavy atom. The molecule has 100 valence electrons. The fourth-order valence-corrected chi connectivity index (χ4v) is 2.96. The van der Waals surface area contributed by atoms with E-state index in [0.29, 0.717) is 6.42 Å². The highest BCUT2D eigenvalue weighted by Gasteiger charge is 2.34. The van der Waals surface area contributed by atoms with E-state index in [1.807, 2.05) is 7.05 Å². The van der Waals surface area contributed by atoms with Crippen molar-refractivity contribution in [2.75, 3.05) is 14.2 Å². The SMILES string of the molecule is CNC1(CC(=O)OC)CCCC(C(C)C)CC1. The normalized spacial score (nSPS) is 30.1. The fourth-order valence-electron chi connectivity index (χ4n) is 2.96. The number of methoxy groups -OCH3 is 1. The van der Waals surface area contributed by atoms with E-state index in [1.54, 1.807) is 0 Å². The van der Waals surface area contributed by atoms with Crippen LogP contribution in [0, 0.1) is 11.8 Å². The number of carbonyl (C=O) groups excluding carboxylic acids is 1. The molecule has 0 aromatic carbocycles. The zero-order chi connectivity index (χ0) is 12.9. The number of hydrogen-bond acceptors (Lipinski definition) is 3. The molecule has 0 amide bonds. The van der Waals surface area contributed by atoms with E-state index in [-0.39, 0.29) is 11.5 Å². The monoisotopic (exact) mass is 241 g/mol. The molecule has 1 rings (SSSR count). The standard InChI is InChI=1S/C14H27NO2/c1-11(2)12-6-5-8-14(15-3,9-7-12)10-13(16)17-4/h11-12,15H,5-10H2,1-4H3. The predicted molar refractivity (Wildman–Crippen MR) is 69.8 cm³/mol. The molecule has 0 radical (unpaired) electrons. The molecule has 0 aliphatic heterocycles. The third-order valence-electron chi connectivity index (χ3n) is 4.41. The van der Waals surface area contributed by atoms with Crippen LogP contribution in [0.5, 0.6) is 0 Å². The van der Waals surface area contributed by atoms with E-state index in [2.05, 4.69) is 19.2 Å². The van der Waals surface area contributed by atoms with Gasteiger partial charge in [-0.05, 0) is 38.1 Å². The smallest absolute Gasteiger partial charge is 0.307 e. The van der Waals surface area contributed by atoms with E-state index >= 15 is 0 Å². The summed E-state index contributed by atoms with van der Waals surface area (Å²) in [6.07, 6.45) is 6.40. The van der Waals surface area contributed by atoms with Crippen LogP contribution in [0.25, 0.3) is 0 Å². The van der Waals surface area contributed by atoms with Gasteiger partial charge in [0.2, 0.25) is 0 Å². The van der Waals surface area contributed by atoms with Crippen LogP contribution >= 0.6 is 0 Å². The summed E-state index contributed by atoms with van der Waals surface area (Å²) in [6, 6.07) is 0. The lowest BCUT2D eigenvalue weighted by molar-refractivity contribution is -0.142. The number of nitrogens with one attached hydrogen (secondary N) is 1. The van der Waals surface area contributed by atoms with Gasteiger partial charge in [-0.2, -0.15) is 0 Å². The average molecular weight is 241 g/mol. The minimum atomic E-state index is -0.0950. The molecule has 0 aromatic rings. The van der Waals surface area contributed by atoms with Gasteiger partial charge in [0.15, 0.2) is 0 Å². The fraction of sp³-hybridized carbons (Fsp3) is 0.929. The molecule has 1 aliphatic rings. The van der Waals surface area contributed by atoms with E-state index in [9.17, 15) is 4.79 Å². The first-order valence-electron chi connectivity index (χ1n) is 6.79. The minimum Gasteiger partial charge on any atom is -0.469 e. The van der Waals surface area contributed by atoms with Crippen molar-refractivity contribution in [3.05, 3.63) is 0 Å². The highest BCUT2D eigenvalue weighted by atomic mass is 16.5.